The van der Waals surface area contributed by atoms with E-state index in [0.29, 0.717) is 12.0 Å². The van der Waals surface area contributed by atoms with Gasteiger partial charge in [0.05, 0.1) is 11.8 Å². The highest BCUT2D eigenvalue weighted by Crippen LogP contribution is 2.57. The number of alkyl halides is 2. The van der Waals surface area contributed by atoms with Gasteiger partial charge < -0.3 is 9.84 Å². The van der Waals surface area contributed by atoms with E-state index in [1.165, 1.54) is 0 Å². The van der Waals surface area contributed by atoms with Gasteiger partial charge >= 0.3 is 11.9 Å². The Balaban J connectivity index is 1.68. The Hall–Kier alpha value is -1.21. The van der Waals surface area contributed by atoms with E-state index >= 15 is 0 Å². The Morgan fingerprint density at radius 3 is 2.21 bits per heavy atom. The highest BCUT2D eigenvalue weighted by Gasteiger charge is 2.62. The van der Waals surface area contributed by atoms with Crippen molar-refractivity contribution in [2.45, 2.75) is 16.1 Å². The molecule has 5 nitrogen and oxygen atoms in total. The fourth-order valence-corrected chi connectivity index (χ4v) is 5.74. The van der Waals surface area contributed by atoms with Gasteiger partial charge in [-0.05, 0) is 18.3 Å². The van der Waals surface area contributed by atoms with Crippen LogP contribution in [0.5, 0.6) is 0 Å². The number of rotatable bonds is 5. The molecular formula is C17H16Br2O5. The van der Waals surface area contributed by atoms with Crippen molar-refractivity contribution in [3.8, 4) is 0 Å². The number of ketones is 1. The molecule has 2 bridgehead atoms. The summed E-state index contributed by atoms with van der Waals surface area (Å²) in [7, 11) is 0. The van der Waals surface area contributed by atoms with Crippen LogP contribution in [0.3, 0.4) is 0 Å². The summed E-state index contributed by atoms with van der Waals surface area (Å²) < 4.78 is 5.17. The highest BCUT2D eigenvalue weighted by atomic mass is 79.9. The molecule has 0 saturated heterocycles. The molecule has 1 aromatic carbocycles. The Morgan fingerprint density at radius 1 is 1.04 bits per heavy atom. The number of hydrogen-bond acceptors (Lipinski definition) is 4. The van der Waals surface area contributed by atoms with E-state index in [2.05, 4.69) is 31.9 Å². The van der Waals surface area contributed by atoms with Gasteiger partial charge in [-0.15, -0.1) is 0 Å². The van der Waals surface area contributed by atoms with Crippen molar-refractivity contribution in [1.29, 1.82) is 0 Å². The third kappa shape index (κ3) is 3.04. The number of aliphatic carboxylic acids is 1. The van der Waals surface area contributed by atoms with Crippen LogP contribution in [-0.2, 0) is 14.3 Å². The molecule has 0 radical (unpaired) electrons. The zero-order chi connectivity index (χ0) is 17.4. The van der Waals surface area contributed by atoms with Crippen LogP contribution in [-0.4, -0.2) is 39.1 Å². The second kappa shape index (κ2) is 6.96. The molecule has 6 atom stereocenters. The van der Waals surface area contributed by atoms with Crippen LogP contribution in [0.25, 0.3) is 0 Å². The van der Waals surface area contributed by atoms with Gasteiger partial charge in [0.1, 0.15) is 0 Å². The van der Waals surface area contributed by atoms with Gasteiger partial charge in [0, 0.05) is 15.2 Å². The zero-order valence-corrected chi connectivity index (χ0v) is 15.8. The first-order valence-electron chi connectivity index (χ1n) is 7.67. The number of benzene rings is 1. The zero-order valence-electron chi connectivity index (χ0n) is 12.6. The maximum absolute atomic E-state index is 12.5. The average molecular weight is 460 g/mol. The van der Waals surface area contributed by atoms with Crippen molar-refractivity contribution in [2.75, 3.05) is 6.61 Å². The number of hydrogen-bond donors (Lipinski definition) is 1. The first kappa shape index (κ1) is 17.6. The minimum atomic E-state index is -0.984. The van der Waals surface area contributed by atoms with Crippen LogP contribution in [0.1, 0.15) is 16.8 Å². The minimum absolute atomic E-state index is 0.0265. The minimum Gasteiger partial charge on any atom is -0.481 e. The van der Waals surface area contributed by atoms with Crippen molar-refractivity contribution in [1.82, 2.24) is 0 Å². The topological polar surface area (TPSA) is 80.7 Å². The number of carbonyl (C=O) groups is 3. The second-order valence-corrected chi connectivity index (χ2v) is 8.35. The first-order valence-corrected chi connectivity index (χ1v) is 9.50. The maximum atomic E-state index is 12.5. The van der Waals surface area contributed by atoms with E-state index in [1.54, 1.807) is 30.3 Å². The van der Waals surface area contributed by atoms with Crippen molar-refractivity contribution in [2.24, 2.45) is 23.7 Å². The van der Waals surface area contributed by atoms with Gasteiger partial charge in [-0.2, -0.15) is 0 Å². The summed E-state index contributed by atoms with van der Waals surface area (Å²) in [6.45, 7) is -0.367. The van der Waals surface area contributed by atoms with E-state index in [0.717, 1.165) is 0 Å². The summed E-state index contributed by atoms with van der Waals surface area (Å²) in [4.78, 5) is 36.2. The van der Waals surface area contributed by atoms with Gasteiger partial charge in [-0.1, -0.05) is 62.2 Å². The Bertz CT molecular complexity index is 662. The molecule has 3 rings (SSSR count). The van der Waals surface area contributed by atoms with E-state index in [9.17, 15) is 19.5 Å². The fraction of sp³-hybridized carbons (Fsp3) is 0.471. The Morgan fingerprint density at radius 2 is 1.62 bits per heavy atom. The lowest BCUT2D eigenvalue weighted by atomic mass is 9.79. The number of carboxylic acid groups (broad SMARTS) is 1. The molecule has 24 heavy (non-hydrogen) atoms. The number of carboxylic acids is 1. The van der Waals surface area contributed by atoms with Crippen molar-refractivity contribution < 1.29 is 24.2 Å². The first-order chi connectivity index (χ1) is 11.4. The van der Waals surface area contributed by atoms with Crippen molar-refractivity contribution in [3.05, 3.63) is 35.9 Å². The number of fused-ring (bicyclic) bond motifs is 2. The highest BCUT2D eigenvalue weighted by molar-refractivity contribution is 9.12. The Labute approximate surface area is 156 Å². The van der Waals surface area contributed by atoms with Crippen LogP contribution in [0.15, 0.2) is 30.3 Å². The maximum Gasteiger partial charge on any atom is 0.310 e. The molecule has 2 aliphatic carbocycles. The second-order valence-electron chi connectivity index (χ2n) is 6.24. The third-order valence-corrected chi connectivity index (χ3v) is 8.18. The smallest absolute Gasteiger partial charge is 0.310 e. The molecule has 0 unspecified atom stereocenters. The van der Waals surface area contributed by atoms with Gasteiger partial charge in [0.15, 0.2) is 12.4 Å². The summed E-state index contributed by atoms with van der Waals surface area (Å²) in [5.74, 6) is -3.57. The van der Waals surface area contributed by atoms with Crippen molar-refractivity contribution >= 4 is 49.6 Å². The fourth-order valence-electron chi connectivity index (χ4n) is 3.87. The largest absolute Gasteiger partial charge is 0.481 e. The van der Waals surface area contributed by atoms with Gasteiger partial charge in [0.25, 0.3) is 0 Å². The van der Waals surface area contributed by atoms with E-state index in [-0.39, 0.29) is 33.9 Å². The predicted molar refractivity (Wildman–Crippen MR) is 93.4 cm³/mol. The van der Waals surface area contributed by atoms with Crippen LogP contribution >= 0.6 is 31.9 Å². The monoisotopic (exact) mass is 458 g/mol. The molecule has 2 saturated carbocycles. The van der Waals surface area contributed by atoms with E-state index in [4.69, 9.17) is 4.74 Å². The van der Waals surface area contributed by atoms with Gasteiger partial charge in [-0.3, -0.25) is 14.4 Å². The van der Waals surface area contributed by atoms with Gasteiger partial charge in [-0.25, -0.2) is 0 Å². The van der Waals surface area contributed by atoms with Crippen molar-refractivity contribution in [3.63, 3.8) is 0 Å². The predicted octanol–water partition coefficient (Wildman–Crippen LogP) is 2.91. The summed E-state index contributed by atoms with van der Waals surface area (Å²) in [6.07, 6.45) is 0.662. The van der Waals surface area contributed by atoms with E-state index < -0.39 is 23.8 Å². The molecular weight excluding hydrogens is 444 g/mol. The number of esters is 1. The lowest BCUT2D eigenvalue weighted by Gasteiger charge is -2.32. The number of Topliss-reactive ketones (excluding diaryl/α,β-unsaturated/α-hetero) is 1. The number of halogens is 2. The number of carbonyl (C=O) groups excluding carboxylic acids is 2. The summed E-state index contributed by atoms with van der Waals surface area (Å²) in [5.41, 5.74) is 0.465. The van der Waals surface area contributed by atoms with Crippen LogP contribution < -0.4 is 0 Å². The lowest BCUT2D eigenvalue weighted by Crippen LogP contribution is -2.44. The quantitative estimate of drug-likeness (QED) is 0.416. The molecule has 0 aliphatic heterocycles. The van der Waals surface area contributed by atoms with E-state index in [1.807, 2.05) is 0 Å². The molecule has 2 aliphatic rings. The third-order valence-electron chi connectivity index (χ3n) is 4.97. The van der Waals surface area contributed by atoms with Crippen LogP contribution in [0.4, 0.5) is 0 Å². The standard InChI is InChI=1S/C17H16Br2O5/c18-14-9-6-10(15(14)19)13(12(9)16(21)22)17(23)24-7-11(20)8-4-2-1-3-5-8/h1-5,9-10,12-15H,6-7H2,(H,21,22)/t9-,10-,12+,13-,14+,15-/m1/s1. The molecule has 2 fully saturated rings. The van der Waals surface area contributed by atoms with Gasteiger partial charge in [0.2, 0.25) is 0 Å². The molecule has 1 N–H and O–H groups in total. The molecule has 1 aromatic rings. The SMILES string of the molecule is O=C(COC(=O)[C@@H]1[C@H]2C[C@@H]([C@H](Br)[C@@H]2Br)[C@@H]1C(=O)O)c1ccccc1. The summed E-state index contributed by atoms with van der Waals surface area (Å²) in [5, 5.41) is 9.50. The Kier molecular flexibility index (Phi) is 5.11. The molecule has 7 heteroatoms. The molecule has 0 aromatic heterocycles. The normalized spacial score (nSPS) is 34.1. The summed E-state index contributed by atoms with van der Waals surface area (Å²) in [6, 6.07) is 8.56. The number of ether oxygens (including phenoxy) is 1. The lowest BCUT2D eigenvalue weighted by molar-refractivity contribution is -0.159. The van der Waals surface area contributed by atoms with Crippen LogP contribution in [0, 0.1) is 23.7 Å². The average Bonchev–Trinajstić information content (AvgIpc) is 3.10. The van der Waals surface area contributed by atoms with Crippen LogP contribution in [0.2, 0.25) is 0 Å². The molecule has 0 heterocycles. The molecule has 0 amide bonds. The molecule has 0 spiro atoms. The summed E-state index contributed by atoms with van der Waals surface area (Å²) >= 11 is 7.07. The molecule has 128 valence electrons.